The number of hydrogen-bond donors (Lipinski definition) is 1. The molecule has 3 nitrogen and oxygen atoms in total. The monoisotopic (exact) mass is 361 g/mol. The van der Waals surface area contributed by atoms with Crippen molar-refractivity contribution < 1.29 is 9.47 Å². The fraction of sp³-hybridized carbons (Fsp3) is 0.250. The average molecular weight is 361 g/mol. The maximum Gasteiger partial charge on any atom is 0.161 e. The van der Waals surface area contributed by atoms with Gasteiger partial charge in [0.15, 0.2) is 11.5 Å². The van der Waals surface area contributed by atoms with Crippen LogP contribution in [0.1, 0.15) is 36.6 Å². The highest BCUT2D eigenvalue weighted by Gasteiger charge is 2.09. The molecule has 0 saturated carbocycles. The van der Waals surface area contributed by atoms with Crippen LogP contribution in [-0.4, -0.2) is 6.61 Å². The maximum absolute atomic E-state index is 5.98. The molecule has 0 aliphatic carbocycles. The van der Waals surface area contributed by atoms with Crippen molar-refractivity contribution in [1.82, 2.24) is 5.32 Å². The highest BCUT2D eigenvalue weighted by atomic mass is 16.5. The van der Waals surface area contributed by atoms with Gasteiger partial charge in [0.1, 0.15) is 6.61 Å². The van der Waals surface area contributed by atoms with E-state index in [1.807, 2.05) is 37.3 Å². The molecular formula is C24H27NO2. The van der Waals surface area contributed by atoms with Crippen molar-refractivity contribution in [2.24, 2.45) is 0 Å². The van der Waals surface area contributed by atoms with Gasteiger partial charge in [-0.1, -0.05) is 66.7 Å². The first-order valence-corrected chi connectivity index (χ1v) is 9.47. The summed E-state index contributed by atoms with van der Waals surface area (Å²) in [5.74, 6) is 1.57. The van der Waals surface area contributed by atoms with Crippen molar-refractivity contribution in [3.63, 3.8) is 0 Å². The molecule has 0 unspecified atom stereocenters. The summed E-state index contributed by atoms with van der Waals surface area (Å²) in [7, 11) is 0. The molecule has 0 aliphatic heterocycles. The van der Waals surface area contributed by atoms with Gasteiger partial charge in [0.25, 0.3) is 0 Å². The smallest absolute Gasteiger partial charge is 0.161 e. The molecule has 27 heavy (non-hydrogen) atoms. The van der Waals surface area contributed by atoms with Crippen LogP contribution in [0.5, 0.6) is 11.5 Å². The van der Waals surface area contributed by atoms with Gasteiger partial charge < -0.3 is 14.8 Å². The zero-order valence-corrected chi connectivity index (χ0v) is 16.0. The highest BCUT2D eigenvalue weighted by molar-refractivity contribution is 5.43. The Morgan fingerprint density at radius 1 is 0.778 bits per heavy atom. The summed E-state index contributed by atoms with van der Waals surface area (Å²) in [5, 5.41) is 3.57. The first-order valence-electron chi connectivity index (χ1n) is 9.47. The Morgan fingerprint density at radius 3 is 2.19 bits per heavy atom. The SMILES string of the molecule is CCOc1cc(CN[C@@H](C)c2ccccc2)ccc1OCc1ccccc1. The summed E-state index contributed by atoms with van der Waals surface area (Å²) < 4.78 is 11.8. The molecular weight excluding hydrogens is 334 g/mol. The Bertz CT molecular complexity index is 818. The number of benzene rings is 3. The van der Waals surface area contributed by atoms with Crippen LogP contribution in [0.2, 0.25) is 0 Å². The molecule has 0 radical (unpaired) electrons. The van der Waals surface area contributed by atoms with E-state index in [4.69, 9.17) is 9.47 Å². The van der Waals surface area contributed by atoms with Crippen molar-refractivity contribution >= 4 is 0 Å². The first kappa shape index (κ1) is 19.0. The van der Waals surface area contributed by atoms with E-state index < -0.39 is 0 Å². The van der Waals surface area contributed by atoms with Gasteiger partial charge in [-0.2, -0.15) is 0 Å². The largest absolute Gasteiger partial charge is 0.490 e. The van der Waals surface area contributed by atoms with Gasteiger partial charge in [0, 0.05) is 12.6 Å². The maximum atomic E-state index is 5.98. The zero-order valence-electron chi connectivity index (χ0n) is 16.0. The van der Waals surface area contributed by atoms with E-state index in [2.05, 4.69) is 60.8 Å². The molecule has 0 amide bonds. The third-order valence-corrected chi connectivity index (χ3v) is 4.46. The molecule has 3 aromatic carbocycles. The van der Waals surface area contributed by atoms with E-state index in [9.17, 15) is 0 Å². The van der Waals surface area contributed by atoms with Gasteiger partial charge in [0.2, 0.25) is 0 Å². The minimum Gasteiger partial charge on any atom is -0.490 e. The lowest BCUT2D eigenvalue weighted by atomic mass is 10.1. The van der Waals surface area contributed by atoms with E-state index in [1.165, 1.54) is 11.1 Å². The van der Waals surface area contributed by atoms with E-state index >= 15 is 0 Å². The van der Waals surface area contributed by atoms with Gasteiger partial charge in [-0.3, -0.25) is 0 Å². The molecule has 0 bridgehead atoms. The third kappa shape index (κ3) is 5.60. The van der Waals surface area contributed by atoms with Gasteiger partial charge >= 0.3 is 0 Å². The molecule has 0 aromatic heterocycles. The second-order valence-corrected chi connectivity index (χ2v) is 6.50. The number of hydrogen-bond acceptors (Lipinski definition) is 3. The second-order valence-electron chi connectivity index (χ2n) is 6.50. The Labute approximate surface area is 162 Å². The highest BCUT2D eigenvalue weighted by Crippen LogP contribution is 2.29. The minimum atomic E-state index is 0.288. The van der Waals surface area contributed by atoms with Crippen molar-refractivity contribution in [3.05, 3.63) is 95.6 Å². The van der Waals surface area contributed by atoms with E-state index in [-0.39, 0.29) is 6.04 Å². The molecule has 3 rings (SSSR count). The molecule has 3 aromatic rings. The summed E-state index contributed by atoms with van der Waals surface area (Å²) in [5.41, 5.74) is 3.60. The molecule has 0 aliphatic rings. The molecule has 0 saturated heterocycles. The number of ether oxygens (including phenoxy) is 2. The molecule has 1 N–H and O–H groups in total. The van der Waals surface area contributed by atoms with Crippen LogP contribution in [0.4, 0.5) is 0 Å². The Hall–Kier alpha value is -2.78. The molecule has 0 heterocycles. The van der Waals surface area contributed by atoms with Crippen LogP contribution in [-0.2, 0) is 13.2 Å². The van der Waals surface area contributed by atoms with Gasteiger partial charge in [-0.15, -0.1) is 0 Å². The molecule has 0 spiro atoms. The van der Waals surface area contributed by atoms with Crippen LogP contribution >= 0.6 is 0 Å². The van der Waals surface area contributed by atoms with E-state index in [1.54, 1.807) is 0 Å². The quantitative estimate of drug-likeness (QED) is 0.545. The Kier molecular flexibility index (Phi) is 6.89. The lowest BCUT2D eigenvalue weighted by Crippen LogP contribution is -2.18. The fourth-order valence-electron chi connectivity index (χ4n) is 2.92. The molecule has 1 atom stereocenters. The summed E-state index contributed by atoms with van der Waals surface area (Å²) >= 11 is 0. The van der Waals surface area contributed by atoms with Crippen LogP contribution in [0.15, 0.2) is 78.9 Å². The zero-order chi connectivity index (χ0) is 18.9. The topological polar surface area (TPSA) is 30.5 Å². The van der Waals surface area contributed by atoms with Gasteiger partial charge in [-0.25, -0.2) is 0 Å². The van der Waals surface area contributed by atoms with Gasteiger partial charge in [0.05, 0.1) is 6.61 Å². The number of nitrogens with one attached hydrogen (secondary N) is 1. The predicted octanol–water partition coefficient (Wildman–Crippen LogP) is 5.52. The van der Waals surface area contributed by atoms with Crippen LogP contribution in [0.3, 0.4) is 0 Å². The minimum absolute atomic E-state index is 0.288. The molecule has 0 fully saturated rings. The lowest BCUT2D eigenvalue weighted by Gasteiger charge is -2.16. The fourth-order valence-corrected chi connectivity index (χ4v) is 2.92. The standard InChI is InChI=1S/C24H27NO2/c1-3-26-24-16-21(17-25-19(2)22-12-8-5-9-13-22)14-15-23(24)27-18-20-10-6-4-7-11-20/h4-16,19,25H,3,17-18H2,1-2H3/t19-/m0/s1. The Balaban J connectivity index is 1.64. The molecule has 140 valence electrons. The summed E-state index contributed by atoms with van der Waals surface area (Å²) in [6.07, 6.45) is 0. The second kappa shape index (κ2) is 9.79. The van der Waals surface area contributed by atoms with E-state index in [0.717, 1.165) is 23.6 Å². The third-order valence-electron chi connectivity index (χ3n) is 4.46. The van der Waals surface area contributed by atoms with Gasteiger partial charge in [-0.05, 0) is 42.7 Å². The average Bonchev–Trinajstić information content (AvgIpc) is 2.73. The lowest BCUT2D eigenvalue weighted by molar-refractivity contribution is 0.269. The summed E-state index contributed by atoms with van der Waals surface area (Å²) in [6, 6.07) is 27.1. The Morgan fingerprint density at radius 2 is 1.48 bits per heavy atom. The van der Waals surface area contributed by atoms with Crippen molar-refractivity contribution in [1.29, 1.82) is 0 Å². The predicted molar refractivity (Wildman–Crippen MR) is 110 cm³/mol. The summed E-state index contributed by atoms with van der Waals surface area (Å²) in [4.78, 5) is 0. The van der Waals surface area contributed by atoms with Crippen LogP contribution in [0, 0.1) is 0 Å². The van der Waals surface area contributed by atoms with Crippen molar-refractivity contribution in [2.45, 2.75) is 33.0 Å². The van der Waals surface area contributed by atoms with Crippen LogP contribution in [0.25, 0.3) is 0 Å². The van der Waals surface area contributed by atoms with E-state index in [0.29, 0.717) is 13.2 Å². The van der Waals surface area contributed by atoms with Crippen LogP contribution < -0.4 is 14.8 Å². The number of rotatable bonds is 9. The first-order chi connectivity index (χ1) is 13.3. The summed E-state index contributed by atoms with van der Waals surface area (Å²) in [6.45, 7) is 6.08. The van der Waals surface area contributed by atoms with Crippen molar-refractivity contribution in [2.75, 3.05) is 6.61 Å². The van der Waals surface area contributed by atoms with Crippen molar-refractivity contribution in [3.8, 4) is 11.5 Å². The normalized spacial score (nSPS) is 11.8. The molecule has 3 heteroatoms.